The van der Waals surface area contributed by atoms with Gasteiger partial charge < -0.3 is 18.8 Å². The summed E-state index contributed by atoms with van der Waals surface area (Å²) in [5.41, 5.74) is 2.40. The first-order valence-electron chi connectivity index (χ1n) is 11.1. The Morgan fingerprint density at radius 3 is 2.54 bits per heavy atom. The zero-order valence-electron chi connectivity index (χ0n) is 19.5. The van der Waals surface area contributed by atoms with Gasteiger partial charge in [-0.3, -0.25) is 9.67 Å². The fourth-order valence-corrected chi connectivity index (χ4v) is 4.10. The van der Waals surface area contributed by atoms with Crippen molar-refractivity contribution in [1.29, 1.82) is 0 Å². The van der Waals surface area contributed by atoms with Crippen molar-refractivity contribution in [1.82, 2.24) is 24.3 Å². The molecule has 1 aromatic carbocycles. The smallest absolute Gasteiger partial charge is 0.193 e. The van der Waals surface area contributed by atoms with Gasteiger partial charge >= 0.3 is 0 Å². The topological polar surface area (TPSA) is 88.6 Å². The highest BCUT2D eigenvalue weighted by Gasteiger charge is 2.22. The molecule has 35 heavy (non-hydrogen) atoms. The van der Waals surface area contributed by atoms with Gasteiger partial charge in [-0.05, 0) is 18.6 Å². The molecule has 0 bridgehead atoms. The minimum atomic E-state index is -0.920. The maximum atomic E-state index is 15.1. The number of nitrogens with zero attached hydrogens (tertiary/aromatic N) is 6. The van der Waals surface area contributed by atoms with Gasteiger partial charge in [0.25, 0.3) is 0 Å². The molecule has 0 N–H and O–H groups in total. The lowest BCUT2D eigenvalue weighted by atomic mass is 10.1. The van der Waals surface area contributed by atoms with Crippen LogP contribution in [0.1, 0.15) is 6.42 Å². The van der Waals surface area contributed by atoms with Gasteiger partial charge in [-0.25, -0.2) is 18.8 Å². The van der Waals surface area contributed by atoms with Crippen LogP contribution in [-0.4, -0.2) is 51.7 Å². The van der Waals surface area contributed by atoms with E-state index in [4.69, 9.17) is 19.2 Å². The first kappa shape index (κ1) is 22.9. The summed E-state index contributed by atoms with van der Waals surface area (Å²) in [6.45, 7) is 1.73. The van der Waals surface area contributed by atoms with Crippen LogP contribution in [0.3, 0.4) is 0 Å². The normalized spacial score (nSPS) is 16.3. The monoisotopic (exact) mass is 482 g/mol. The maximum absolute atomic E-state index is 15.1. The van der Waals surface area contributed by atoms with E-state index in [1.165, 1.54) is 14.2 Å². The molecule has 4 heterocycles. The predicted octanol–water partition coefficient (Wildman–Crippen LogP) is 3.40. The van der Waals surface area contributed by atoms with Crippen molar-refractivity contribution >= 4 is 16.9 Å². The van der Waals surface area contributed by atoms with Crippen LogP contribution in [0.4, 0.5) is 14.5 Å². The van der Waals surface area contributed by atoms with Crippen LogP contribution in [0.25, 0.3) is 22.4 Å². The quantitative estimate of drug-likeness (QED) is 0.419. The van der Waals surface area contributed by atoms with Gasteiger partial charge in [0.1, 0.15) is 16.7 Å². The second-order valence-electron chi connectivity index (χ2n) is 8.27. The Bertz CT molecular complexity index is 1430. The number of methoxy groups -OCH3 is 2. The average Bonchev–Trinajstić information content (AvgIpc) is 3.54. The van der Waals surface area contributed by atoms with E-state index in [9.17, 15) is 0 Å². The highest BCUT2D eigenvalue weighted by Crippen LogP contribution is 2.36. The van der Waals surface area contributed by atoms with E-state index >= 15 is 8.78 Å². The van der Waals surface area contributed by atoms with Crippen molar-refractivity contribution in [3.8, 4) is 22.8 Å². The minimum Gasteiger partial charge on any atom is -0.493 e. The molecule has 11 heteroatoms. The molecule has 0 saturated carbocycles. The first-order chi connectivity index (χ1) is 17.0. The molecular weight excluding hydrogens is 458 g/mol. The summed E-state index contributed by atoms with van der Waals surface area (Å²) >= 11 is 0. The minimum absolute atomic E-state index is 0.169. The highest BCUT2D eigenvalue weighted by molar-refractivity contribution is 5.73. The van der Waals surface area contributed by atoms with Crippen LogP contribution in [0.2, 0.25) is 0 Å². The molecule has 1 saturated heterocycles. The van der Waals surface area contributed by atoms with Gasteiger partial charge in [0, 0.05) is 43.9 Å². The summed E-state index contributed by atoms with van der Waals surface area (Å²) in [6, 6.07) is 4.55. The molecule has 1 atom stereocenters. The number of rotatable bonds is 6. The van der Waals surface area contributed by atoms with Crippen molar-refractivity contribution < 1.29 is 23.0 Å². The molecule has 1 aliphatic heterocycles. The summed E-state index contributed by atoms with van der Waals surface area (Å²) in [7, 11) is 4.41. The van der Waals surface area contributed by atoms with E-state index in [1.54, 1.807) is 29.2 Å². The molecular formula is C24H24F2N6O3. The molecule has 0 spiro atoms. The van der Waals surface area contributed by atoms with Crippen LogP contribution in [0.15, 0.2) is 41.8 Å². The summed E-state index contributed by atoms with van der Waals surface area (Å²) in [5, 5.41) is 4.20. The molecule has 0 aliphatic carbocycles. The number of aromatic nitrogens is 5. The van der Waals surface area contributed by atoms with Gasteiger partial charge in [0.2, 0.25) is 0 Å². The Balaban J connectivity index is 1.75. The van der Waals surface area contributed by atoms with Crippen LogP contribution in [-0.2, 0) is 18.3 Å². The van der Waals surface area contributed by atoms with E-state index in [2.05, 4.69) is 15.1 Å². The van der Waals surface area contributed by atoms with Gasteiger partial charge in [0.05, 0.1) is 38.9 Å². The number of halogens is 2. The molecule has 3 aromatic heterocycles. The molecule has 1 unspecified atom stereocenters. The van der Waals surface area contributed by atoms with Crippen LogP contribution >= 0.6 is 0 Å². The fourth-order valence-electron chi connectivity index (χ4n) is 4.10. The van der Waals surface area contributed by atoms with Crippen LogP contribution in [0, 0.1) is 17.6 Å². The Hall–Kier alpha value is -3.86. The van der Waals surface area contributed by atoms with E-state index in [-0.39, 0.29) is 17.4 Å². The lowest BCUT2D eigenvalue weighted by molar-refractivity contribution is 0.182. The Morgan fingerprint density at radius 1 is 1.14 bits per heavy atom. The third-order valence-electron chi connectivity index (χ3n) is 5.95. The van der Waals surface area contributed by atoms with Crippen molar-refractivity contribution in [2.24, 2.45) is 18.0 Å². The first-order valence-corrected chi connectivity index (χ1v) is 11.1. The van der Waals surface area contributed by atoms with Crippen LogP contribution in [0.5, 0.6) is 11.5 Å². The van der Waals surface area contributed by atoms with Gasteiger partial charge in [0.15, 0.2) is 28.8 Å². The third-order valence-corrected chi connectivity index (χ3v) is 5.95. The van der Waals surface area contributed by atoms with Crippen molar-refractivity contribution in [2.45, 2.75) is 13.0 Å². The molecule has 0 radical (unpaired) electrons. The molecule has 1 fully saturated rings. The van der Waals surface area contributed by atoms with Gasteiger partial charge in [-0.1, -0.05) is 0 Å². The maximum Gasteiger partial charge on any atom is 0.193 e. The number of ether oxygens (including phenoxy) is 3. The number of benzene rings is 1. The lowest BCUT2D eigenvalue weighted by Gasteiger charge is -2.16. The fraction of sp³-hybridized carbons (Fsp3) is 0.333. The molecule has 0 amide bonds. The Kier molecular flexibility index (Phi) is 6.16. The van der Waals surface area contributed by atoms with E-state index in [1.807, 2.05) is 17.8 Å². The largest absolute Gasteiger partial charge is 0.493 e. The summed E-state index contributed by atoms with van der Waals surface area (Å²) in [4.78, 5) is 13.8. The second-order valence-corrected chi connectivity index (χ2v) is 8.27. The third kappa shape index (κ3) is 4.34. The highest BCUT2D eigenvalue weighted by atomic mass is 19.1. The molecule has 4 aromatic rings. The van der Waals surface area contributed by atoms with Gasteiger partial charge in [-0.15, -0.1) is 0 Å². The number of aryl methyl sites for hydroxylation is 1. The van der Waals surface area contributed by atoms with E-state index in [0.717, 1.165) is 18.1 Å². The zero-order valence-corrected chi connectivity index (χ0v) is 19.5. The van der Waals surface area contributed by atoms with Crippen molar-refractivity contribution in [3.63, 3.8) is 0 Å². The van der Waals surface area contributed by atoms with Crippen molar-refractivity contribution in [3.05, 3.63) is 53.9 Å². The Morgan fingerprint density at radius 2 is 1.91 bits per heavy atom. The standard InChI is InChI=1S/C24H24F2N6O3/c1-31-12-15(9-28-31)17-10-27-16-4-5-20(32(24(16)29-17)11-14-6-7-35-13-14)30-23-21(25)18(33-2)8-19(34-3)22(23)26/h4-5,8-10,12,14H,6-7,11,13H2,1-3H3/b30-20+. The summed E-state index contributed by atoms with van der Waals surface area (Å²) < 4.78 is 49.4. The molecule has 182 valence electrons. The molecule has 1 aliphatic rings. The van der Waals surface area contributed by atoms with Crippen LogP contribution < -0.4 is 15.0 Å². The summed E-state index contributed by atoms with van der Waals surface area (Å²) in [6.07, 6.45) is 6.07. The molecule has 9 nitrogen and oxygen atoms in total. The van der Waals surface area contributed by atoms with E-state index in [0.29, 0.717) is 42.1 Å². The average molecular weight is 482 g/mol. The van der Waals surface area contributed by atoms with Crippen molar-refractivity contribution in [2.75, 3.05) is 27.4 Å². The zero-order chi connectivity index (χ0) is 24.5. The number of fused-ring (bicyclic) bond motifs is 1. The molecule has 5 rings (SSSR count). The predicted molar refractivity (Wildman–Crippen MR) is 123 cm³/mol. The SMILES string of the molecule is COc1cc(OC)c(F)c(/N=c2\ccc3ncc(-c4cnn(C)c4)nc3n2CC2CCOC2)c1F. The number of hydrogen-bond donors (Lipinski definition) is 0. The second kappa shape index (κ2) is 9.41. The van der Waals surface area contributed by atoms with E-state index < -0.39 is 17.3 Å². The number of pyridine rings is 1. The summed E-state index contributed by atoms with van der Waals surface area (Å²) in [5.74, 6) is -1.99. The lowest BCUT2D eigenvalue weighted by Crippen LogP contribution is -2.26. The number of hydrogen-bond acceptors (Lipinski definition) is 7. The van der Waals surface area contributed by atoms with Gasteiger partial charge in [-0.2, -0.15) is 5.10 Å². The Labute approximate surface area is 199 Å².